The summed E-state index contributed by atoms with van der Waals surface area (Å²) < 4.78 is 71.0. The Morgan fingerprint density at radius 3 is 2.85 bits per heavy atom. The number of benzene rings is 1. The summed E-state index contributed by atoms with van der Waals surface area (Å²) >= 11 is 0. The highest BCUT2D eigenvalue weighted by Crippen LogP contribution is 2.34. The van der Waals surface area contributed by atoms with Crippen molar-refractivity contribution >= 4 is 39.1 Å². The topological polar surface area (TPSA) is 126 Å². The Morgan fingerprint density at radius 1 is 1.33 bits per heavy atom. The lowest BCUT2D eigenvalue weighted by molar-refractivity contribution is -0.137. The van der Waals surface area contributed by atoms with Crippen molar-refractivity contribution < 1.29 is 31.1 Å². The van der Waals surface area contributed by atoms with Gasteiger partial charge in [-0.1, -0.05) is 0 Å². The fraction of sp³-hybridized carbons (Fsp3) is 0.421. The molecular formula is C19H21F3N6O4S. The maximum Gasteiger partial charge on any atom is 0.421 e. The summed E-state index contributed by atoms with van der Waals surface area (Å²) in [5, 5.41) is 8.15. The highest BCUT2D eigenvalue weighted by atomic mass is 32.2. The highest BCUT2D eigenvalue weighted by Gasteiger charge is 2.36. The standard InChI is InChI=1S/C19H21F3N6O4S/c1-33(30,31)28-4-5-32-10-13(28)8-23-17-14(19(20,21)22)9-24-18(27-17)25-12-2-3-15-11(6-12)7-16(29)26-15/h2-3,6,9,13H,4-5,7-8,10H2,1H3,(H,26,29)(H2,23,24,25,27). The summed E-state index contributed by atoms with van der Waals surface area (Å²) in [5.41, 5.74) is 0.833. The minimum Gasteiger partial charge on any atom is -0.378 e. The van der Waals surface area contributed by atoms with E-state index in [0.717, 1.165) is 11.8 Å². The molecule has 178 valence electrons. The average molecular weight is 486 g/mol. The average Bonchev–Trinajstić information content (AvgIpc) is 3.10. The van der Waals surface area contributed by atoms with E-state index in [1.807, 2.05) is 0 Å². The van der Waals surface area contributed by atoms with Crippen molar-refractivity contribution in [2.24, 2.45) is 0 Å². The Balaban J connectivity index is 1.55. The molecule has 14 heteroatoms. The van der Waals surface area contributed by atoms with Crippen LogP contribution in [-0.4, -0.2) is 67.2 Å². The van der Waals surface area contributed by atoms with Crippen LogP contribution in [0.5, 0.6) is 0 Å². The molecule has 2 aromatic rings. The number of nitrogens with zero attached hydrogens (tertiary/aromatic N) is 3. The van der Waals surface area contributed by atoms with Crippen molar-refractivity contribution in [1.29, 1.82) is 0 Å². The number of carbonyl (C=O) groups excluding carboxylic acids is 1. The molecule has 2 aliphatic heterocycles. The van der Waals surface area contributed by atoms with Gasteiger partial charge in [-0.3, -0.25) is 4.79 Å². The number of nitrogens with one attached hydrogen (secondary N) is 3. The van der Waals surface area contributed by atoms with E-state index in [1.54, 1.807) is 18.2 Å². The first-order chi connectivity index (χ1) is 15.5. The Labute approximate surface area is 187 Å². The molecule has 3 heterocycles. The Kier molecular flexibility index (Phi) is 6.16. The number of sulfonamides is 1. The number of morpholine rings is 1. The number of halogens is 3. The number of alkyl halides is 3. The van der Waals surface area contributed by atoms with Gasteiger partial charge in [-0.15, -0.1) is 0 Å². The molecule has 1 saturated heterocycles. The number of fused-ring (bicyclic) bond motifs is 1. The molecule has 1 amide bonds. The second kappa shape index (κ2) is 8.76. The molecule has 10 nitrogen and oxygen atoms in total. The van der Waals surface area contributed by atoms with E-state index < -0.39 is 33.6 Å². The molecule has 0 aliphatic carbocycles. The molecule has 0 radical (unpaired) electrons. The smallest absolute Gasteiger partial charge is 0.378 e. The number of aromatic nitrogens is 2. The van der Waals surface area contributed by atoms with Gasteiger partial charge in [0.05, 0.1) is 31.9 Å². The SMILES string of the molecule is CS(=O)(=O)N1CCOCC1CNc1nc(Nc2ccc3c(c2)CC(=O)N3)ncc1C(F)(F)F. The Bertz CT molecular complexity index is 1170. The van der Waals surface area contributed by atoms with Crippen molar-refractivity contribution in [3.05, 3.63) is 35.5 Å². The van der Waals surface area contributed by atoms with Gasteiger partial charge >= 0.3 is 6.18 Å². The largest absolute Gasteiger partial charge is 0.421 e. The monoisotopic (exact) mass is 486 g/mol. The predicted octanol–water partition coefficient (Wildman–Crippen LogP) is 1.81. The third-order valence-corrected chi connectivity index (χ3v) is 6.52. The summed E-state index contributed by atoms with van der Waals surface area (Å²) in [6, 6.07) is 4.31. The number of hydrogen-bond acceptors (Lipinski definition) is 8. The van der Waals surface area contributed by atoms with Crippen molar-refractivity contribution in [2.45, 2.75) is 18.6 Å². The fourth-order valence-corrected chi connectivity index (χ4v) is 4.75. The van der Waals surface area contributed by atoms with E-state index in [4.69, 9.17) is 4.74 Å². The van der Waals surface area contributed by atoms with Gasteiger partial charge < -0.3 is 20.7 Å². The molecule has 4 rings (SSSR count). The predicted molar refractivity (Wildman–Crippen MR) is 114 cm³/mol. The molecule has 1 fully saturated rings. The van der Waals surface area contributed by atoms with Gasteiger partial charge in [0.2, 0.25) is 21.9 Å². The van der Waals surface area contributed by atoms with Crippen LogP contribution >= 0.6 is 0 Å². The summed E-state index contributed by atoms with van der Waals surface area (Å²) in [7, 11) is -3.56. The molecule has 0 spiro atoms. The number of carbonyl (C=O) groups is 1. The van der Waals surface area contributed by atoms with Crippen LogP contribution in [-0.2, 0) is 32.2 Å². The third kappa shape index (κ3) is 5.34. The fourth-order valence-electron chi connectivity index (χ4n) is 3.67. The van der Waals surface area contributed by atoms with Crippen LogP contribution < -0.4 is 16.0 Å². The van der Waals surface area contributed by atoms with Gasteiger partial charge in [0.1, 0.15) is 11.4 Å². The van der Waals surface area contributed by atoms with E-state index in [2.05, 4.69) is 25.9 Å². The maximum atomic E-state index is 13.5. The lowest BCUT2D eigenvalue weighted by atomic mass is 10.1. The number of rotatable bonds is 6. The zero-order chi connectivity index (χ0) is 23.8. The molecule has 1 aromatic carbocycles. The second-order valence-corrected chi connectivity index (χ2v) is 9.59. The van der Waals surface area contributed by atoms with Gasteiger partial charge in [-0.25, -0.2) is 13.4 Å². The van der Waals surface area contributed by atoms with E-state index in [0.29, 0.717) is 17.6 Å². The van der Waals surface area contributed by atoms with Crippen molar-refractivity contribution in [3.63, 3.8) is 0 Å². The number of anilines is 4. The summed E-state index contributed by atoms with van der Waals surface area (Å²) in [4.78, 5) is 19.2. The summed E-state index contributed by atoms with van der Waals surface area (Å²) in [6.45, 7) is 0.225. The maximum absolute atomic E-state index is 13.5. The van der Waals surface area contributed by atoms with Crippen molar-refractivity contribution in [2.75, 3.05) is 48.5 Å². The Hall–Kier alpha value is -2.97. The van der Waals surface area contributed by atoms with Crippen LogP contribution in [0.1, 0.15) is 11.1 Å². The summed E-state index contributed by atoms with van der Waals surface area (Å²) in [5.74, 6) is -0.728. The van der Waals surface area contributed by atoms with Crippen LogP contribution in [0.3, 0.4) is 0 Å². The summed E-state index contributed by atoms with van der Waals surface area (Å²) in [6.07, 6.45) is -2.83. The van der Waals surface area contributed by atoms with Gasteiger partial charge in [0.15, 0.2) is 0 Å². The van der Waals surface area contributed by atoms with Gasteiger partial charge in [0.25, 0.3) is 0 Å². The molecule has 3 N–H and O–H groups in total. The van der Waals surface area contributed by atoms with Crippen LogP contribution in [0.4, 0.5) is 36.3 Å². The second-order valence-electron chi connectivity index (χ2n) is 7.66. The number of hydrogen-bond donors (Lipinski definition) is 3. The van der Waals surface area contributed by atoms with E-state index in [-0.39, 0.29) is 44.6 Å². The van der Waals surface area contributed by atoms with Crippen LogP contribution in [0.25, 0.3) is 0 Å². The number of ether oxygens (including phenoxy) is 1. The van der Waals surface area contributed by atoms with Crippen molar-refractivity contribution in [3.8, 4) is 0 Å². The van der Waals surface area contributed by atoms with Gasteiger partial charge in [0, 0.05) is 30.7 Å². The minimum absolute atomic E-state index is 0.0412. The van der Waals surface area contributed by atoms with E-state index in [9.17, 15) is 26.4 Å². The molecular weight excluding hydrogens is 465 g/mol. The first kappa shape index (κ1) is 23.2. The molecule has 1 unspecified atom stereocenters. The lowest BCUT2D eigenvalue weighted by Gasteiger charge is -2.33. The van der Waals surface area contributed by atoms with E-state index >= 15 is 0 Å². The van der Waals surface area contributed by atoms with Gasteiger partial charge in [-0.05, 0) is 23.8 Å². The molecule has 2 aliphatic rings. The quantitative estimate of drug-likeness (QED) is 0.565. The van der Waals surface area contributed by atoms with Gasteiger partial charge in [-0.2, -0.15) is 22.5 Å². The minimum atomic E-state index is -4.72. The van der Waals surface area contributed by atoms with Crippen LogP contribution in [0, 0.1) is 0 Å². The lowest BCUT2D eigenvalue weighted by Crippen LogP contribution is -2.51. The van der Waals surface area contributed by atoms with Crippen LogP contribution in [0.2, 0.25) is 0 Å². The van der Waals surface area contributed by atoms with Crippen LogP contribution in [0.15, 0.2) is 24.4 Å². The van der Waals surface area contributed by atoms with Crippen molar-refractivity contribution in [1.82, 2.24) is 14.3 Å². The molecule has 0 saturated carbocycles. The Morgan fingerprint density at radius 2 is 2.12 bits per heavy atom. The molecule has 33 heavy (non-hydrogen) atoms. The first-order valence-electron chi connectivity index (χ1n) is 9.93. The zero-order valence-electron chi connectivity index (χ0n) is 17.4. The number of amides is 1. The molecule has 1 atom stereocenters. The first-order valence-corrected chi connectivity index (χ1v) is 11.8. The third-order valence-electron chi connectivity index (χ3n) is 5.19. The zero-order valence-corrected chi connectivity index (χ0v) is 18.3. The van der Waals surface area contributed by atoms with E-state index in [1.165, 1.54) is 4.31 Å². The molecule has 1 aromatic heterocycles. The normalized spacial score (nSPS) is 19.2. The molecule has 0 bridgehead atoms. The highest BCUT2D eigenvalue weighted by molar-refractivity contribution is 7.88.